The van der Waals surface area contributed by atoms with Gasteiger partial charge in [-0.3, -0.25) is 34.1 Å². The highest BCUT2D eigenvalue weighted by molar-refractivity contribution is 6.13. The SMILES string of the molecule is Cc1cc(N=Nc2ccc(NC(=O)c3cc(C(=O)Nc4ccc(N=Nc5ccc([N+](=O)[O-])cc5)cc4)cc(C(=O)Nc4ccc(N=Nc5cc(OC=O)cc(OC=O)c5)cc4)c3)cc2)cc(C(=O)O)c1. The Balaban J connectivity index is 1.08. The summed E-state index contributed by atoms with van der Waals surface area (Å²) in [6.07, 6.45) is 0. The number of nitro groups is 1. The number of rotatable bonds is 18. The number of hydrogen-bond acceptors (Lipinski definition) is 16. The van der Waals surface area contributed by atoms with E-state index in [4.69, 9.17) is 9.47 Å². The summed E-state index contributed by atoms with van der Waals surface area (Å²) >= 11 is 0. The predicted octanol–water partition coefficient (Wildman–Crippen LogP) is 11.7. The Morgan fingerprint density at radius 1 is 0.471 bits per heavy atom. The van der Waals surface area contributed by atoms with Gasteiger partial charge in [-0.2, -0.15) is 30.7 Å². The molecule has 0 aliphatic rings. The van der Waals surface area contributed by atoms with E-state index in [1.165, 1.54) is 84.9 Å². The number of carbonyl (C=O) groups excluding carboxylic acids is 5. The van der Waals surface area contributed by atoms with Crippen LogP contribution in [0.1, 0.15) is 47.0 Å². The normalized spacial score (nSPS) is 11.0. The van der Waals surface area contributed by atoms with Gasteiger partial charge >= 0.3 is 5.97 Å². The van der Waals surface area contributed by atoms with E-state index in [0.717, 1.165) is 0 Å². The van der Waals surface area contributed by atoms with Gasteiger partial charge in [0.2, 0.25) is 0 Å². The maximum atomic E-state index is 13.8. The second-order valence-electron chi connectivity index (χ2n) is 14.6. The lowest BCUT2D eigenvalue weighted by Crippen LogP contribution is -2.19. The number of nitro benzene ring substituents is 1. The standard InChI is InChI=1S/C49H34N10O11/c1-29-18-33(49(65)66)23-41(19-29)57-55-38-10-4-35(5-11-38)51-47(63)31-20-30(46(62)50-34-2-8-37(9-3-34)53-54-40-14-16-43(17-15-40)59(67)68)21-32(22-31)48(64)52-36-6-12-39(13-7-36)56-58-42-24-44(69-27-60)26-45(25-42)70-28-61/h2-28H,1H3,(H,50,62)(H,51,63)(H,52,64)(H,65,66). The molecule has 0 heterocycles. The summed E-state index contributed by atoms with van der Waals surface area (Å²) in [7, 11) is 0. The Morgan fingerprint density at radius 3 is 1.16 bits per heavy atom. The van der Waals surface area contributed by atoms with Gasteiger partial charge in [0.25, 0.3) is 36.4 Å². The number of nitrogens with one attached hydrogen (secondary N) is 3. The van der Waals surface area contributed by atoms with E-state index in [1.807, 2.05) is 0 Å². The van der Waals surface area contributed by atoms with Crippen molar-refractivity contribution in [3.63, 3.8) is 0 Å². The van der Waals surface area contributed by atoms with Crippen LogP contribution in [0, 0.1) is 17.0 Å². The number of aromatic carboxylic acids is 1. The number of carbonyl (C=O) groups is 6. The monoisotopic (exact) mass is 938 g/mol. The third kappa shape index (κ3) is 13.1. The van der Waals surface area contributed by atoms with E-state index >= 15 is 0 Å². The van der Waals surface area contributed by atoms with Crippen LogP contribution in [0.4, 0.5) is 56.9 Å². The molecule has 0 spiro atoms. The molecule has 0 aliphatic heterocycles. The van der Waals surface area contributed by atoms with Crippen LogP contribution in [0.25, 0.3) is 0 Å². The number of azo groups is 3. The molecule has 7 aromatic carbocycles. The molecule has 7 rings (SSSR count). The fourth-order valence-electron chi connectivity index (χ4n) is 6.26. The molecule has 0 aromatic heterocycles. The summed E-state index contributed by atoms with van der Waals surface area (Å²) in [5.74, 6) is -2.97. The molecule has 7 aromatic rings. The van der Waals surface area contributed by atoms with Crippen molar-refractivity contribution >= 4 is 93.5 Å². The van der Waals surface area contributed by atoms with Crippen molar-refractivity contribution in [2.45, 2.75) is 6.92 Å². The molecule has 21 nitrogen and oxygen atoms in total. The molecule has 0 atom stereocenters. The molecular formula is C49H34N10O11. The molecule has 21 heteroatoms. The van der Waals surface area contributed by atoms with Crippen LogP contribution in [0.5, 0.6) is 11.5 Å². The number of hydrogen-bond donors (Lipinski definition) is 4. The molecule has 0 saturated carbocycles. The molecule has 0 aliphatic carbocycles. The van der Waals surface area contributed by atoms with Crippen LogP contribution in [0.15, 0.2) is 182 Å². The quantitative estimate of drug-likeness (QED) is 0.0271. The first-order valence-corrected chi connectivity index (χ1v) is 20.4. The molecule has 0 bridgehead atoms. The number of non-ortho nitro benzene ring substituents is 1. The molecule has 4 N–H and O–H groups in total. The molecule has 0 unspecified atom stereocenters. The summed E-state index contributed by atoms with van der Waals surface area (Å²) in [5, 5.41) is 53.3. The van der Waals surface area contributed by atoms with E-state index in [2.05, 4.69) is 46.6 Å². The van der Waals surface area contributed by atoms with Gasteiger partial charge in [0.15, 0.2) is 0 Å². The highest BCUT2D eigenvalue weighted by Crippen LogP contribution is 2.30. The fraction of sp³-hybridized carbons (Fsp3) is 0.0204. The van der Waals surface area contributed by atoms with Crippen LogP contribution in [0.2, 0.25) is 0 Å². The number of ether oxygens (including phenoxy) is 2. The first-order chi connectivity index (χ1) is 33.8. The van der Waals surface area contributed by atoms with Crippen molar-refractivity contribution in [2.75, 3.05) is 16.0 Å². The van der Waals surface area contributed by atoms with E-state index in [1.54, 1.807) is 73.7 Å². The molecule has 0 saturated heterocycles. The predicted molar refractivity (Wildman–Crippen MR) is 253 cm³/mol. The summed E-state index contributed by atoms with van der Waals surface area (Å²) in [6.45, 7) is 2.14. The zero-order valence-corrected chi connectivity index (χ0v) is 36.2. The minimum absolute atomic E-state index is 0.0437. The van der Waals surface area contributed by atoms with Crippen molar-refractivity contribution < 1.29 is 48.3 Å². The lowest BCUT2D eigenvalue weighted by atomic mass is 10.0. The average molecular weight is 939 g/mol. The first kappa shape index (κ1) is 47.5. The van der Waals surface area contributed by atoms with Crippen molar-refractivity contribution in [2.24, 2.45) is 30.7 Å². The number of amides is 3. The number of carboxylic acids is 1. The average Bonchev–Trinajstić information content (AvgIpc) is 3.35. The minimum Gasteiger partial charge on any atom is -0.478 e. The number of anilines is 3. The molecule has 0 radical (unpaired) electrons. The largest absolute Gasteiger partial charge is 0.478 e. The minimum atomic E-state index is -1.10. The summed E-state index contributed by atoms with van der Waals surface area (Å²) < 4.78 is 9.66. The lowest BCUT2D eigenvalue weighted by Gasteiger charge is -2.12. The Kier molecular flexibility index (Phi) is 15.0. The molecule has 346 valence electrons. The Morgan fingerprint density at radius 2 is 0.814 bits per heavy atom. The highest BCUT2D eigenvalue weighted by atomic mass is 16.6. The third-order valence-corrected chi connectivity index (χ3v) is 9.54. The van der Waals surface area contributed by atoms with E-state index in [9.17, 15) is 44.0 Å². The Bertz CT molecular complexity index is 3200. The van der Waals surface area contributed by atoms with Crippen molar-refractivity contribution in [3.05, 3.63) is 190 Å². The maximum absolute atomic E-state index is 13.8. The van der Waals surface area contributed by atoms with Crippen LogP contribution in [0.3, 0.4) is 0 Å². The van der Waals surface area contributed by atoms with E-state index in [-0.39, 0.29) is 58.1 Å². The van der Waals surface area contributed by atoms with Gasteiger partial charge in [-0.25, -0.2) is 4.79 Å². The van der Waals surface area contributed by atoms with E-state index < -0.39 is 28.6 Å². The first-order valence-electron chi connectivity index (χ1n) is 20.4. The zero-order chi connectivity index (χ0) is 49.6. The topological polar surface area (TPSA) is 294 Å². The van der Waals surface area contributed by atoms with Crippen LogP contribution < -0.4 is 25.4 Å². The zero-order valence-electron chi connectivity index (χ0n) is 36.2. The van der Waals surface area contributed by atoms with Gasteiger partial charge in [0.05, 0.1) is 44.6 Å². The van der Waals surface area contributed by atoms with Gasteiger partial charge in [0, 0.05) is 64.1 Å². The second kappa shape index (κ2) is 22.2. The van der Waals surface area contributed by atoms with Gasteiger partial charge < -0.3 is 30.5 Å². The number of benzene rings is 7. The van der Waals surface area contributed by atoms with Gasteiger partial charge in [0.1, 0.15) is 11.5 Å². The summed E-state index contributed by atoms with van der Waals surface area (Å²) in [4.78, 5) is 84.9. The summed E-state index contributed by atoms with van der Waals surface area (Å²) in [6, 6.07) is 36.9. The lowest BCUT2D eigenvalue weighted by molar-refractivity contribution is -0.384. The van der Waals surface area contributed by atoms with Crippen molar-refractivity contribution in [3.8, 4) is 11.5 Å². The van der Waals surface area contributed by atoms with Crippen LogP contribution >= 0.6 is 0 Å². The fourth-order valence-corrected chi connectivity index (χ4v) is 6.26. The molecule has 3 amide bonds. The maximum Gasteiger partial charge on any atom is 0.335 e. The second-order valence-corrected chi connectivity index (χ2v) is 14.6. The number of carboxylic acid groups (broad SMARTS) is 1. The highest BCUT2D eigenvalue weighted by Gasteiger charge is 2.18. The number of aryl methyl sites for hydroxylation is 1. The van der Waals surface area contributed by atoms with Gasteiger partial charge in [-0.05, 0) is 134 Å². The van der Waals surface area contributed by atoms with Crippen molar-refractivity contribution in [1.29, 1.82) is 0 Å². The van der Waals surface area contributed by atoms with Gasteiger partial charge in [-0.1, -0.05) is 0 Å². The Hall–Kier alpha value is -10.4. The third-order valence-electron chi connectivity index (χ3n) is 9.54. The summed E-state index contributed by atoms with van der Waals surface area (Å²) in [5.41, 5.74) is 3.64. The number of nitrogens with zero attached hydrogens (tertiary/aromatic N) is 7. The van der Waals surface area contributed by atoms with Crippen molar-refractivity contribution in [1.82, 2.24) is 0 Å². The Labute approximate surface area is 395 Å². The van der Waals surface area contributed by atoms with E-state index in [0.29, 0.717) is 51.1 Å². The molecule has 70 heavy (non-hydrogen) atoms. The van der Waals surface area contributed by atoms with Crippen LogP contribution in [-0.2, 0) is 9.59 Å². The van der Waals surface area contributed by atoms with Crippen LogP contribution in [-0.4, -0.2) is 46.7 Å². The smallest absolute Gasteiger partial charge is 0.335 e. The molecule has 0 fully saturated rings. The van der Waals surface area contributed by atoms with Gasteiger partial charge in [-0.15, -0.1) is 0 Å². The molecular weight excluding hydrogens is 905 g/mol.